The molecule has 4 heteroatoms. The standard InChI is InChI=1S/C15H18O4/c1-9-5-6-19-15(9)14(16)11-8-13(18-4)12(17-3)7-10(11)2/h5-8,14,16H,1-4H3. The minimum absolute atomic E-state index is 0.551. The molecule has 19 heavy (non-hydrogen) atoms. The molecule has 1 atom stereocenters. The third-order valence-corrected chi connectivity index (χ3v) is 3.22. The fraction of sp³-hybridized carbons (Fsp3) is 0.333. The van der Waals surface area contributed by atoms with E-state index in [1.54, 1.807) is 26.5 Å². The first-order valence-electron chi connectivity index (χ1n) is 6.03. The van der Waals surface area contributed by atoms with Crippen LogP contribution in [-0.2, 0) is 0 Å². The molecule has 1 aromatic heterocycles. The summed E-state index contributed by atoms with van der Waals surface area (Å²) in [4.78, 5) is 0. The van der Waals surface area contributed by atoms with Crippen LogP contribution in [-0.4, -0.2) is 19.3 Å². The highest BCUT2D eigenvalue weighted by atomic mass is 16.5. The number of aliphatic hydroxyl groups is 1. The second-order valence-corrected chi connectivity index (χ2v) is 4.43. The maximum absolute atomic E-state index is 10.4. The molecule has 0 spiro atoms. The second-order valence-electron chi connectivity index (χ2n) is 4.43. The van der Waals surface area contributed by atoms with Gasteiger partial charge in [-0.15, -0.1) is 0 Å². The third kappa shape index (κ3) is 2.44. The average Bonchev–Trinajstić information content (AvgIpc) is 2.83. The van der Waals surface area contributed by atoms with Gasteiger partial charge >= 0.3 is 0 Å². The fourth-order valence-electron chi connectivity index (χ4n) is 2.10. The molecule has 2 rings (SSSR count). The Morgan fingerprint density at radius 1 is 1.05 bits per heavy atom. The predicted molar refractivity (Wildman–Crippen MR) is 71.8 cm³/mol. The van der Waals surface area contributed by atoms with E-state index in [9.17, 15) is 5.11 Å². The largest absolute Gasteiger partial charge is 0.493 e. The van der Waals surface area contributed by atoms with E-state index in [0.29, 0.717) is 17.3 Å². The molecular formula is C15H18O4. The number of rotatable bonds is 4. The highest BCUT2D eigenvalue weighted by molar-refractivity contribution is 5.49. The van der Waals surface area contributed by atoms with E-state index < -0.39 is 6.10 Å². The summed E-state index contributed by atoms with van der Waals surface area (Å²) in [6.45, 7) is 3.82. The summed E-state index contributed by atoms with van der Waals surface area (Å²) >= 11 is 0. The lowest BCUT2D eigenvalue weighted by Gasteiger charge is -2.16. The van der Waals surface area contributed by atoms with Crippen molar-refractivity contribution in [1.29, 1.82) is 0 Å². The van der Waals surface area contributed by atoms with E-state index in [1.165, 1.54) is 0 Å². The molecule has 0 radical (unpaired) electrons. The van der Waals surface area contributed by atoms with Crippen molar-refractivity contribution in [1.82, 2.24) is 0 Å². The molecule has 0 aliphatic carbocycles. The summed E-state index contributed by atoms with van der Waals surface area (Å²) in [5.41, 5.74) is 2.58. The quantitative estimate of drug-likeness (QED) is 0.920. The Hall–Kier alpha value is -1.94. The van der Waals surface area contributed by atoms with Gasteiger partial charge in [0.25, 0.3) is 0 Å². The van der Waals surface area contributed by atoms with Crippen LogP contribution >= 0.6 is 0 Å². The van der Waals surface area contributed by atoms with Gasteiger partial charge < -0.3 is 19.0 Å². The number of furan rings is 1. The Labute approximate surface area is 112 Å². The van der Waals surface area contributed by atoms with Crippen molar-refractivity contribution in [3.05, 3.63) is 46.9 Å². The van der Waals surface area contributed by atoms with Gasteiger partial charge in [0.1, 0.15) is 11.9 Å². The molecule has 0 saturated heterocycles. The first-order valence-corrected chi connectivity index (χ1v) is 6.03. The molecule has 2 aromatic rings. The second kappa shape index (κ2) is 5.36. The van der Waals surface area contributed by atoms with E-state index in [2.05, 4.69) is 0 Å². The van der Waals surface area contributed by atoms with Gasteiger partial charge in [0.15, 0.2) is 11.5 Å². The third-order valence-electron chi connectivity index (χ3n) is 3.22. The van der Waals surface area contributed by atoms with Crippen LogP contribution in [0.15, 0.2) is 28.9 Å². The normalized spacial score (nSPS) is 12.3. The summed E-state index contributed by atoms with van der Waals surface area (Å²) < 4.78 is 15.8. The molecule has 102 valence electrons. The van der Waals surface area contributed by atoms with Gasteiger partial charge in [-0.05, 0) is 48.7 Å². The first kappa shape index (κ1) is 13.5. The Morgan fingerprint density at radius 3 is 2.21 bits per heavy atom. The number of benzene rings is 1. The first-order chi connectivity index (χ1) is 9.08. The number of aryl methyl sites for hydroxylation is 2. The average molecular weight is 262 g/mol. The van der Waals surface area contributed by atoms with Crippen molar-refractivity contribution in [3.8, 4) is 11.5 Å². The van der Waals surface area contributed by atoms with Crippen LogP contribution in [0.25, 0.3) is 0 Å². The highest BCUT2D eigenvalue weighted by Crippen LogP contribution is 2.35. The van der Waals surface area contributed by atoms with E-state index in [0.717, 1.165) is 16.7 Å². The number of hydrogen-bond acceptors (Lipinski definition) is 4. The van der Waals surface area contributed by atoms with Gasteiger partial charge in [-0.3, -0.25) is 0 Å². The molecule has 4 nitrogen and oxygen atoms in total. The van der Waals surface area contributed by atoms with Crippen LogP contribution < -0.4 is 9.47 Å². The molecule has 0 aliphatic rings. The molecule has 0 fully saturated rings. The molecule has 0 amide bonds. The van der Waals surface area contributed by atoms with Crippen molar-refractivity contribution >= 4 is 0 Å². The predicted octanol–water partition coefficient (Wildman–Crippen LogP) is 3.00. The molecular weight excluding hydrogens is 244 g/mol. The Morgan fingerprint density at radius 2 is 1.68 bits per heavy atom. The number of aliphatic hydroxyl groups excluding tert-OH is 1. The SMILES string of the molecule is COc1cc(C)c(C(O)c2occc2C)cc1OC. The van der Waals surface area contributed by atoms with Crippen LogP contribution in [0.3, 0.4) is 0 Å². The molecule has 1 heterocycles. The molecule has 0 aliphatic heterocycles. The van der Waals surface area contributed by atoms with Gasteiger partial charge in [0.2, 0.25) is 0 Å². The zero-order chi connectivity index (χ0) is 14.0. The lowest BCUT2D eigenvalue weighted by atomic mass is 9.99. The van der Waals surface area contributed by atoms with Crippen molar-refractivity contribution < 1.29 is 19.0 Å². The van der Waals surface area contributed by atoms with E-state index >= 15 is 0 Å². The van der Waals surface area contributed by atoms with Crippen LogP contribution in [0.2, 0.25) is 0 Å². The van der Waals surface area contributed by atoms with E-state index in [4.69, 9.17) is 13.9 Å². The Bertz CT molecular complexity index is 572. The Kier molecular flexibility index (Phi) is 3.81. The summed E-state index contributed by atoms with van der Waals surface area (Å²) in [7, 11) is 3.16. The van der Waals surface area contributed by atoms with Gasteiger partial charge in [-0.2, -0.15) is 0 Å². The topological polar surface area (TPSA) is 51.8 Å². The van der Waals surface area contributed by atoms with Crippen LogP contribution in [0.5, 0.6) is 11.5 Å². The van der Waals surface area contributed by atoms with Crippen molar-refractivity contribution in [3.63, 3.8) is 0 Å². The van der Waals surface area contributed by atoms with Crippen LogP contribution in [0.4, 0.5) is 0 Å². The summed E-state index contributed by atoms with van der Waals surface area (Å²) in [5, 5.41) is 10.4. The maximum Gasteiger partial charge on any atom is 0.161 e. The summed E-state index contributed by atoms with van der Waals surface area (Å²) in [5.74, 6) is 1.79. The summed E-state index contributed by atoms with van der Waals surface area (Å²) in [6.07, 6.45) is 0.763. The zero-order valence-electron chi connectivity index (χ0n) is 11.6. The smallest absolute Gasteiger partial charge is 0.161 e. The number of ether oxygens (including phenoxy) is 2. The molecule has 0 bridgehead atoms. The van der Waals surface area contributed by atoms with E-state index in [-0.39, 0.29) is 0 Å². The minimum Gasteiger partial charge on any atom is -0.493 e. The summed E-state index contributed by atoms with van der Waals surface area (Å²) in [6, 6.07) is 5.45. The van der Waals surface area contributed by atoms with Crippen molar-refractivity contribution in [2.24, 2.45) is 0 Å². The van der Waals surface area contributed by atoms with Gasteiger partial charge in [-0.25, -0.2) is 0 Å². The van der Waals surface area contributed by atoms with Crippen molar-refractivity contribution in [2.45, 2.75) is 20.0 Å². The molecule has 0 saturated carbocycles. The molecule has 1 aromatic carbocycles. The van der Waals surface area contributed by atoms with Gasteiger partial charge in [0, 0.05) is 0 Å². The lowest BCUT2D eigenvalue weighted by Crippen LogP contribution is -2.04. The van der Waals surface area contributed by atoms with Crippen LogP contribution in [0, 0.1) is 13.8 Å². The minimum atomic E-state index is -0.810. The molecule has 1 unspecified atom stereocenters. The van der Waals surface area contributed by atoms with Gasteiger partial charge in [-0.1, -0.05) is 0 Å². The zero-order valence-corrected chi connectivity index (χ0v) is 11.6. The lowest BCUT2D eigenvalue weighted by molar-refractivity contribution is 0.187. The number of methoxy groups -OCH3 is 2. The van der Waals surface area contributed by atoms with E-state index in [1.807, 2.05) is 26.0 Å². The number of hydrogen-bond donors (Lipinski definition) is 1. The monoisotopic (exact) mass is 262 g/mol. The van der Waals surface area contributed by atoms with Gasteiger partial charge in [0.05, 0.1) is 20.5 Å². The molecule has 1 N–H and O–H groups in total. The highest BCUT2D eigenvalue weighted by Gasteiger charge is 2.20. The fourth-order valence-corrected chi connectivity index (χ4v) is 2.10. The Balaban J connectivity index is 2.48. The maximum atomic E-state index is 10.4. The van der Waals surface area contributed by atoms with Crippen molar-refractivity contribution in [2.75, 3.05) is 14.2 Å². The van der Waals surface area contributed by atoms with Crippen LogP contribution in [0.1, 0.15) is 28.6 Å².